The van der Waals surface area contributed by atoms with Crippen LogP contribution in [0.15, 0.2) is 24.3 Å². The van der Waals surface area contributed by atoms with Crippen molar-refractivity contribution in [2.24, 2.45) is 0 Å². The molecule has 7 heteroatoms. The second-order valence-electron chi connectivity index (χ2n) is 4.85. The van der Waals surface area contributed by atoms with Gasteiger partial charge in [-0.25, -0.2) is 0 Å². The van der Waals surface area contributed by atoms with E-state index >= 15 is 0 Å². The molecule has 2 amide bonds. The molecule has 1 heterocycles. The Labute approximate surface area is 128 Å². The van der Waals surface area contributed by atoms with Crippen LogP contribution in [0.4, 0.5) is 5.69 Å². The lowest BCUT2D eigenvalue weighted by molar-refractivity contribution is -0.144. The summed E-state index contributed by atoms with van der Waals surface area (Å²) in [7, 11) is 0. The van der Waals surface area contributed by atoms with E-state index in [0.717, 1.165) is 0 Å². The van der Waals surface area contributed by atoms with E-state index in [0.29, 0.717) is 18.0 Å². The van der Waals surface area contributed by atoms with Gasteiger partial charge in [0.2, 0.25) is 5.91 Å². The smallest absolute Gasteiger partial charge is 0.323 e. The highest BCUT2D eigenvalue weighted by molar-refractivity contribution is 5.98. The number of hydrogen-bond acceptors (Lipinski definition) is 4. The molecule has 0 spiro atoms. The van der Waals surface area contributed by atoms with Gasteiger partial charge < -0.3 is 19.6 Å². The van der Waals surface area contributed by atoms with Crippen molar-refractivity contribution in [3.8, 4) is 5.75 Å². The summed E-state index contributed by atoms with van der Waals surface area (Å²) in [6.07, 6.45) is 0.0706. The minimum absolute atomic E-state index is 0.0577. The highest BCUT2D eigenvalue weighted by Gasteiger charge is 2.26. The Morgan fingerprint density at radius 2 is 2.09 bits per heavy atom. The Bertz CT molecular complexity index is 587. The molecule has 22 heavy (non-hydrogen) atoms. The summed E-state index contributed by atoms with van der Waals surface area (Å²) >= 11 is 0. The predicted molar refractivity (Wildman–Crippen MR) is 78.8 cm³/mol. The van der Waals surface area contributed by atoms with E-state index in [-0.39, 0.29) is 37.9 Å². The van der Waals surface area contributed by atoms with Gasteiger partial charge in [-0.15, -0.1) is 0 Å². The standard InChI is InChI=1S/C15H18N2O5/c1-2-16(9-15(20)21)13(18)7-8-17-11-5-3-4-6-12(11)22-10-14(17)19/h3-6H,2,7-10H2,1H3,(H,20,21). The van der Waals surface area contributed by atoms with Crippen LogP contribution in [0.25, 0.3) is 0 Å². The van der Waals surface area contributed by atoms with E-state index in [9.17, 15) is 14.4 Å². The minimum atomic E-state index is -1.05. The number of para-hydroxylation sites is 2. The fraction of sp³-hybridized carbons (Fsp3) is 0.400. The Kier molecular flexibility index (Phi) is 4.98. The number of aliphatic carboxylic acids is 1. The normalized spacial score (nSPS) is 13.3. The van der Waals surface area contributed by atoms with Gasteiger partial charge in [-0.1, -0.05) is 12.1 Å². The van der Waals surface area contributed by atoms with Crippen LogP contribution in [-0.4, -0.2) is 54.0 Å². The molecule has 1 aliphatic heterocycles. The third-order valence-corrected chi connectivity index (χ3v) is 3.42. The van der Waals surface area contributed by atoms with Gasteiger partial charge >= 0.3 is 5.97 Å². The number of anilines is 1. The molecule has 0 bridgehead atoms. The topological polar surface area (TPSA) is 87.2 Å². The first-order valence-electron chi connectivity index (χ1n) is 7.04. The monoisotopic (exact) mass is 306 g/mol. The van der Waals surface area contributed by atoms with Crippen LogP contribution >= 0.6 is 0 Å². The quantitative estimate of drug-likeness (QED) is 0.837. The van der Waals surface area contributed by atoms with E-state index in [1.807, 2.05) is 6.07 Å². The van der Waals surface area contributed by atoms with Crippen molar-refractivity contribution in [2.45, 2.75) is 13.3 Å². The van der Waals surface area contributed by atoms with E-state index in [1.54, 1.807) is 25.1 Å². The Morgan fingerprint density at radius 3 is 2.77 bits per heavy atom. The largest absolute Gasteiger partial charge is 0.482 e. The van der Waals surface area contributed by atoms with Crippen LogP contribution in [0.3, 0.4) is 0 Å². The first-order chi connectivity index (χ1) is 10.5. The molecule has 118 valence electrons. The lowest BCUT2D eigenvalue weighted by atomic mass is 10.2. The molecular formula is C15H18N2O5. The number of carboxylic acid groups (broad SMARTS) is 1. The van der Waals surface area contributed by atoms with Crippen LogP contribution in [-0.2, 0) is 14.4 Å². The molecule has 0 aromatic heterocycles. The van der Waals surface area contributed by atoms with Gasteiger partial charge in [0.15, 0.2) is 6.61 Å². The molecule has 0 atom stereocenters. The van der Waals surface area contributed by atoms with Crippen LogP contribution < -0.4 is 9.64 Å². The molecule has 1 aromatic carbocycles. The van der Waals surface area contributed by atoms with Gasteiger partial charge in [0, 0.05) is 19.5 Å². The maximum Gasteiger partial charge on any atom is 0.323 e. The van der Waals surface area contributed by atoms with Crippen molar-refractivity contribution in [3.05, 3.63) is 24.3 Å². The number of carboxylic acids is 1. The van der Waals surface area contributed by atoms with Crippen molar-refractivity contribution in [1.29, 1.82) is 0 Å². The number of fused-ring (bicyclic) bond motifs is 1. The average molecular weight is 306 g/mol. The maximum atomic E-state index is 12.1. The number of likely N-dealkylation sites (N-methyl/N-ethyl adjacent to an activating group) is 1. The summed E-state index contributed by atoms with van der Waals surface area (Å²) in [4.78, 5) is 37.5. The molecule has 0 radical (unpaired) electrons. The Hall–Kier alpha value is -2.57. The number of rotatable bonds is 6. The molecule has 0 saturated carbocycles. The van der Waals surface area contributed by atoms with Gasteiger partial charge in [-0.2, -0.15) is 0 Å². The van der Waals surface area contributed by atoms with E-state index in [2.05, 4.69) is 0 Å². The first kappa shape index (κ1) is 15.8. The van der Waals surface area contributed by atoms with Gasteiger partial charge in [0.1, 0.15) is 12.3 Å². The number of amides is 2. The van der Waals surface area contributed by atoms with Crippen LogP contribution in [0.5, 0.6) is 5.75 Å². The fourth-order valence-corrected chi connectivity index (χ4v) is 2.30. The molecular weight excluding hydrogens is 288 g/mol. The second-order valence-corrected chi connectivity index (χ2v) is 4.85. The van der Waals surface area contributed by atoms with E-state index in [4.69, 9.17) is 9.84 Å². The summed E-state index contributed by atoms with van der Waals surface area (Å²) in [5.41, 5.74) is 0.632. The molecule has 2 rings (SSSR count). The highest BCUT2D eigenvalue weighted by Crippen LogP contribution is 2.31. The lowest BCUT2D eigenvalue weighted by Crippen LogP contribution is -2.42. The summed E-state index contributed by atoms with van der Waals surface area (Å²) in [5.74, 6) is -0.954. The summed E-state index contributed by atoms with van der Waals surface area (Å²) in [6.45, 7) is 1.85. The number of carbonyl (C=O) groups is 3. The molecule has 1 N–H and O–H groups in total. The van der Waals surface area contributed by atoms with Crippen molar-refractivity contribution < 1.29 is 24.2 Å². The zero-order valence-corrected chi connectivity index (χ0v) is 12.3. The number of benzene rings is 1. The third-order valence-electron chi connectivity index (χ3n) is 3.42. The van der Waals surface area contributed by atoms with Crippen LogP contribution in [0.2, 0.25) is 0 Å². The molecule has 7 nitrogen and oxygen atoms in total. The number of hydrogen-bond donors (Lipinski definition) is 1. The zero-order chi connectivity index (χ0) is 16.1. The molecule has 0 unspecified atom stereocenters. The molecule has 0 saturated heterocycles. The van der Waals surface area contributed by atoms with Gasteiger partial charge in [-0.3, -0.25) is 14.4 Å². The lowest BCUT2D eigenvalue weighted by Gasteiger charge is -2.29. The predicted octanol–water partition coefficient (Wildman–Crippen LogP) is 0.735. The fourth-order valence-electron chi connectivity index (χ4n) is 2.30. The summed E-state index contributed by atoms with van der Waals surface area (Å²) in [5, 5.41) is 8.78. The second kappa shape index (κ2) is 6.93. The van der Waals surface area contributed by atoms with E-state index in [1.165, 1.54) is 9.80 Å². The first-order valence-corrected chi connectivity index (χ1v) is 7.04. The zero-order valence-electron chi connectivity index (χ0n) is 12.3. The van der Waals surface area contributed by atoms with Crippen molar-refractivity contribution in [3.63, 3.8) is 0 Å². The number of carbonyl (C=O) groups excluding carboxylic acids is 2. The molecule has 0 fully saturated rings. The average Bonchev–Trinajstić information content (AvgIpc) is 2.51. The molecule has 1 aromatic rings. The van der Waals surface area contributed by atoms with Crippen LogP contribution in [0, 0.1) is 0 Å². The molecule has 0 aliphatic carbocycles. The summed E-state index contributed by atoms with van der Waals surface area (Å²) < 4.78 is 5.33. The summed E-state index contributed by atoms with van der Waals surface area (Å²) in [6, 6.07) is 7.12. The number of ether oxygens (including phenoxy) is 1. The van der Waals surface area contributed by atoms with Crippen molar-refractivity contribution in [1.82, 2.24) is 4.90 Å². The minimum Gasteiger partial charge on any atom is -0.482 e. The molecule has 1 aliphatic rings. The van der Waals surface area contributed by atoms with Crippen molar-refractivity contribution in [2.75, 3.05) is 31.1 Å². The number of nitrogens with zero attached hydrogens (tertiary/aromatic N) is 2. The van der Waals surface area contributed by atoms with E-state index < -0.39 is 5.97 Å². The van der Waals surface area contributed by atoms with Gasteiger partial charge in [0.05, 0.1) is 5.69 Å². The maximum absolute atomic E-state index is 12.1. The SMILES string of the molecule is CCN(CC(=O)O)C(=O)CCN1C(=O)COc2ccccc21. The Morgan fingerprint density at radius 1 is 1.36 bits per heavy atom. The Balaban J connectivity index is 2.03. The van der Waals surface area contributed by atoms with Gasteiger partial charge in [-0.05, 0) is 19.1 Å². The highest BCUT2D eigenvalue weighted by atomic mass is 16.5. The third kappa shape index (κ3) is 3.55. The van der Waals surface area contributed by atoms with Crippen molar-refractivity contribution >= 4 is 23.5 Å². The van der Waals surface area contributed by atoms with Crippen LogP contribution in [0.1, 0.15) is 13.3 Å². The van der Waals surface area contributed by atoms with Gasteiger partial charge in [0.25, 0.3) is 5.91 Å².